The highest BCUT2D eigenvalue weighted by molar-refractivity contribution is 5.95. The quantitative estimate of drug-likeness (QED) is 0.424. The zero-order valence-corrected chi connectivity index (χ0v) is 11.8. The molecule has 0 aliphatic heterocycles. The van der Waals surface area contributed by atoms with Crippen LogP contribution in [0.15, 0.2) is 28.2 Å². The SMILES string of the molecule is COCC(=O)Nc1ccc(N=C(N)N=C(N)N)cc1OC. The third kappa shape index (κ3) is 5.37. The predicted molar refractivity (Wildman–Crippen MR) is 80.6 cm³/mol. The van der Waals surface area contributed by atoms with Crippen LogP contribution >= 0.6 is 0 Å². The molecule has 1 amide bonds. The number of benzene rings is 1. The van der Waals surface area contributed by atoms with Gasteiger partial charge in [-0.05, 0) is 12.1 Å². The van der Waals surface area contributed by atoms with Crippen molar-refractivity contribution in [3.8, 4) is 5.75 Å². The molecular formula is C12H18N6O3. The van der Waals surface area contributed by atoms with Crippen LogP contribution < -0.4 is 27.3 Å². The number of ether oxygens (including phenoxy) is 2. The molecule has 0 aromatic heterocycles. The topological polar surface area (TPSA) is 150 Å². The summed E-state index contributed by atoms with van der Waals surface area (Å²) in [5.41, 5.74) is 16.9. The Morgan fingerprint density at radius 3 is 2.57 bits per heavy atom. The van der Waals surface area contributed by atoms with E-state index in [1.54, 1.807) is 18.2 Å². The van der Waals surface area contributed by atoms with Crippen LogP contribution in [0.2, 0.25) is 0 Å². The molecule has 7 N–H and O–H groups in total. The van der Waals surface area contributed by atoms with Crippen LogP contribution in [-0.2, 0) is 9.53 Å². The minimum absolute atomic E-state index is 0.0551. The number of anilines is 1. The molecule has 0 saturated carbocycles. The maximum atomic E-state index is 11.5. The van der Waals surface area contributed by atoms with Gasteiger partial charge in [-0.15, -0.1) is 0 Å². The summed E-state index contributed by atoms with van der Waals surface area (Å²) in [5.74, 6) is -0.162. The zero-order valence-electron chi connectivity index (χ0n) is 11.8. The van der Waals surface area contributed by atoms with E-state index in [-0.39, 0.29) is 24.4 Å². The number of carbonyl (C=O) groups excluding carboxylic acids is 1. The lowest BCUT2D eigenvalue weighted by atomic mass is 10.2. The van der Waals surface area contributed by atoms with Gasteiger partial charge in [0.1, 0.15) is 12.4 Å². The maximum absolute atomic E-state index is 11.5. The molecule has 114 valence electrons. The number of guanidine groups is 2. The van der Waals surface area contributed by atoms with Crippen molar-refractivity contribution in [2.75, 3.05) is 26.1 Å². The summed E-state index contributed by atoms with van der Waals surface area (Å²) in [4.78, 5) is 19.1. The molecule has 0 unspecified atom stereocenters. The molecule has 21 heavy (non-hydrogen) atoms. The van der Waals surface area contributed by atoms with E-state index in [9.17, 15) is 4.79 Å². The normalized spacial score (nSPS) is 10.9. The van der Waals surface area contributed by atoms with Gasteiger partial charge in [0.2, 0.25) is 11.9 Å². The lowest BCUT2D eigenvalue weighted by molar-refractivity contribution is -0.119. The minimum atomic E-state index is -0.299. The number of aliphatic imine (C=N–C) groups is 2. The summed E-state index contributed by atoms with van der Waals surface area (Å²) in [7, 11) is 2.90. The van der Waals surface area contributed by atoms with Crippen molar-refractivity contribution < 1.29 is 14.3 Å². The molecule has 9 nitrogen and oxygen atoms in total. The summed E-state index contributed by atoms with van der Waals surface area (Å²) in [5, 5.41) is 2.64. The molecular weight excluding hydrogens is 276 g/mol. The minimum Gasteiger partial charge on any atom is -0.494 e. The molecule has 1 aromatic carbocycles. The van der Waals surface area contributed by atoms with Gasteiger partial charge in [-0.1, -0.05) is 0 Å². The Labute approximate surface area is 121 Å². The predicted octanol–water partition coefficient (Wildman–Crippen LogP) is -0.500. The summed E-state index contributed by atoms with van der Waals surface area (Å²) in [6.07, 6.45) is 0. The molecule has 0 aliphatic carbocycles. The molecule has 1 rings (SSSR count). The average Bonchev–Trinajstić information content (AvgIpc) is 2.39. The molecule has 0 radical (unpaired) electrons. The molecule has 1 aromatic rings. The van der Waals surface area contributed by atoms with Crippen LogP contribution in [0.5, 0.6) is 5.75 Å². The molecule has 9 heteroatoms. The van der Waals surface area contributed by atoms with Crippen molar-refractivity contribution in [3.63, 3.8) is 0 Å². The number of amides is 1. The monoisotopic (exact) mass is 294 g/mol. The Balaban J connectivity index is 2.98. The number of carbonyl (C=O) groups is 1. The Morgan fingerprint density at radius 1 is 1.29 bits per heavy atom. The van der Waals surface area contributed by atoms with Crippen molar-refractivity contribution >= 4 is 29.2 Å². The summed E-state index contributed by atoms with van der Waals surface area (Å²) < 4.78 is 9.91. The van der Waals surface area contributed by atoms with Gasteiger partial charge in [0.05, 0.1) is 18.5 Å². The summed E-state index contributed by atoms with van der Waals surface area (Å²) in [6.45, 7) is -0.0551. The van der Waals surface area contributed by atoms with Gasteiger partial charge in [-0.3, -0.25) is 4.79 Å². The first kappa shape index (κ1) is 16.2. The third-order valence-electron chi connectivity index (χ3n) is 2.22. The summed E-state index contributed by atoms with van der Waals surface area (Å²) >= 11 is 0. The van der Waals surface area contributed by atoms with Crippen molar-refractivity contribution in [2.45, 2.75) is 0 Å². The molecule has 0 aliphatic rings. The first-order chi connectivity index (χ1) is 9.96. The highest BCUT2D eigenvalue weighted by Gasteiger charge is 2.08. The van der Waals surface area contributed by atoms with Gasteiger partial charge in [-0.25, -0.2) is 4.99 Å². The number of rotatable bonds is 5. The van der Waals surface area contributed by atoms with Crippen molar-refractivity contribution in [3.05, 3.63) is 18.2 Å². The molecule has 0 spiro atoms. The number of methoxy groups -OCH3 is 2. The van der Waals surface area contributed by atoms with E-state index < -0.39 is 0 Å². The smallest absolute Gasteiger partial charge is 0.250 e. The van der Waals surface area contributed by atoms with Gasteiger partial charge < -0.3 is 32.0 Å². The fraction of sp³-hybridized carbons (Fsp3) is 0.250. The van der Waals surface area contributed by atoms with Crippen LogP contribution in [0.25, 0.3) is 0 Å². The second kappa shape index (κ2) is 7.70. The first-order valence-electron chi connectivity index (χ1n) is 5.87. The van der Waals surface area contributed by atoms with Crippen LogP contribution in [0.4, 0.5) is 11.4 Å². The number of nitrogens with one attached hydrogen (secondary N) is 1. The van der Waals surface area contributed by atoms with Gasteiger partial charge in [0, 0.05) is 13.2 Å². The second-order valence-electron chi connectivity index (χ2n) is 3.87. The van der Waals surface area contributed by atoms with Gasteiger partial charge in [0.25, 0.3) is 0 Å². The van der Waals surface area contributed by atoms with Crippen LogP contribution in [0, 0.1) is 0 Å². The Kier molecular flexibility index (Phi) is 5.96. The fourth-order valence-electron chi connectivity index (χ4n) is 1.46. The zero-order chi connectivity index (χ0) is 15.8. The van der Waals surface area contributed by atoms with Gasteiger partial charge in [0.15, 0.2) is 5.96 Å². The van der Waals surface area contributed by atoms with Crippen molar-refractivity contribution in [1.29, 1.82) is 0 Å². The van der Waals surface area contributed by atoms with E-state index in [0.717, 1.165) is 0 Å². The van der Waals surface area contributed by atoms with Gasteiger partial charge in [-0.2, -0.15) is 4.99 Å². The van der Waals surface area contributed by atoms with E-state index in [0.29, 0.717) is 17.1 Å². The Bertz CT molecular complexity index is 566. The standard InChI is InChI=1S/C12H18N6O3/c1-20-6-10(19)17-8-4-3-7(5-9(8)21-2)16-12(15)18-11(13)14/h3-5H,6H2,1-2H3,(H,17,19)(H6,13,14,15,16,18). The van der Waals surface area contributed by atoms with E-state index >= 15 is 0 Å². The van der Waals surface area contributed by atoms with Crippen LogP contribution in [0.1, 0.15) is 0 Å². The molecule has 0 fully saturated rings. The second-order valence-corrected chi connectivity index (χ2v) is 3.87. The molecule has 0 bridgehead atoms. The first-order valence-corrected chi connectivity index (χ1v) is 5.87. The number of hydrogen-bond donors (Lipinski definition) is 4. The van der Waals surface area contributed by atoms with E-state index in [1.807, 2.05) is 0 Å². The van der Waals surface area contributed by atoms with Crippen LogP contribution in [0.3, 0.4) is 0 Å². The lowest BCUT2D eigenvalue weighted by Gasteiger charge is -2.10. The Morgan fingerprint density at radius 2 is 2.00 bits per heavy atom. The van der Waals surface area contributed by atoms with E-state index in [2.05, 4.69) is 15.3 Å². The van der Waals surface area contributed by atoms with Gasteiger partial charge >= 0.3 is 0 Å². The van der Waals surface area contributed by atoms with Crippen molar-refractivity contribution in [2.24, 2.45) is 27.2 Å². The number of nitrogens with two attached hydrogens (primary N) is 3. The highest BCUT2D eigenvalue weighted by Crippen LogP contribution is 2.29. The maximum Gasteiger partial charge on any atom is 0.250 e. The van der Waals surface area contributed by atoms with E-state index in [1.165, 1.54) is 14.2 Å². The number of nitrogens with zero attached hydrogens (tertiary/aromatic N) is 2. The third-order valence-corrected chi connectivity index (χ3v) is 2.22. The molecule has 0 saturated heterocycles. The summed E-state index contributed by atoms with van der Waals surface area (Å²) in [6, 6.07) is 4.82. The average molecular weight is 294 g/mol. The Hall–Kier alpha value is -2.81. The molecule has 0 heterocycles. The number of hydrogen-bond acceptors (Lipinski definition) is 4. The van der Waals surface area contributed by atoms with E-state index in [4.69, 9.17) is 26.7 Å². The lowest BCUT2D eigenvalue weighted by Crippen LogP contribution is -2.26. The van der Waals surface area contributed by atoms with Crippen molar-refractivity contribution in [1.82, 2.24) is 0 Å². The largest absolute Gasteiger partial charge is 0.494 e. The fourth-order valence-corrected chi connectivity index (χ4v) is 1.46. The highest BCUT2D eigenvalue weighted by atomic mass is 16.5. The van der Waals surface area contributed by atoms with Crippen LogP contribution in [-0.4, -0.2) is 38.7 Å². The molecule has 0 atom stereocenters.